The first-order chi connectivity index (χ1) is 20.9. The Morgan fingerprint density at radius 2 is 1.88 bits per heavy atom. The third kappa shape index (κ3) is 6.89. The highest BCUT2D eigenvalue weighted by Gasteiger charge is 2.20. The number of pyridine rings is 1. The third-order valence-corrected chi connectivity index (χ3v) is 9.54. The van der Waals surface area contributed by atoms with Crippen molar-refractivity contribution >= 4 is 54.8 Å². The number of anilines is 1. The number of sulfonamides is 1. The van der Waals surface area contributed by atoms with E-state index in [9.17, 15) is 13.2 Å². The lowest BCUT2D eigenvalue weighted by Crippen LogP contribution is -2.41. The Morgan fingerprint density at radius 3 is 2.67 bits per heavy atom. The molecule has 43 heavy (non-hydrogen) atoms. The van der Waals surface area contributed by atoms with Crippen molar-refractivity contribution in [2.75, 3.05) is 44.1 Å². The summed E-state index contributed by atoms with van der Waals surface area (Å²) in [5, 5.41) is 9.44. The van der Waals surface area contributed by atoms with E-state index >= 15 is 0 Å². The number of carbonyl (C=O) groups is 1. The zero-order valence-electron chi connectivity index (χ0n) is 23.7. The van der Waals surface area contributed by atoms with Crippen LogP contribution in [0.3, 0.4) is 0 Å². The fourth-order valence-electron chi connectivity index (χ4n) is 5.43. The van der Waals surface area contributed by atoms with E-state index in [0.29, 0.717) is 49.0 Å². The van der Waals surface area contributed by atoms with Crippen molar-refractivity contribution in [2.45, 2.75) is 18.8 Å². The minimum Gasteiger partial charge on any atom is -0.379 e. The lowest BCUT2D eigenvalue weighted by Gasteiger charge is -2.26. The van der Waals surface area contributed by atoms with E-state index in [0.717, 1.165) is 46.9 Å². The van der Waals surface area contributed by atoms with Gasteiger partial charge in [0.15, 0.2) is 0 Å². The summed E-state index contributed by atoms with van der Waals surface area (Å²) in [7, 11) is -3.64. The molecule has 0 aliphatic carbocycles. The summed E-state index contributed by atoms with van der Waals surface area (Å²) in [6.07, 6.45) is 0. The topological polar surface area (TPSA) is 132 Å². The minimum atomic E-state index is -3.64. The second-order valence-electron chi connectivity index (χ2n) is 10.6. The summed E-state index contributed by atoms with van der Waals surface area (Å²) >= 11 is 1.46. The van der Waals surface area contributed by atoms with Gasteiger partial charge in [0.1, 0.15) is 11.3 Å². The summed E-state index contributed by atoms with van der Waals surface area (Å²) in [6.45, 7) is 4.92. The lowest BCUT2D eigenvalue weighted by molar-refractivity contribution is 0.0383. The van der Waals surface area contributed by atoms with Gasteiger partial charge in [0, 0.05) is 43.8 Å². The highest BCUT2D eigenvalue weighted by atomic mass is 32.2. The smallest absolute Gasteiger partial charge is 0.268 e. The monoisotopic (exact) mass is 618 g/mol. The van der Waals surface area contributed by atoms with Gasteiger partial charge in [-0.1, -0.05) is 24.3 Å². The van der Waals surface area contributed by atoms with Crippen LogP contribution in [0.25, 0.3) is 21.8 Å². The molecule has 4 N–H and O–H groups in total. The Bertz CT molecular complexity index is 1850. The Balaban J connectivity index is 1.34. The molecule has 1 amide bonds. The first-order valence-electron chi connectivity index (χ1n) is 14.2. The van der Waals surface area contributed by atoms with Crippen molar-refractivity contribution in [1.82, 2.24) is 19.8 Å². The summed E-state index contributed by atoms with van der Waals surface area (Å²) in [6, 6.07) is 18.9. The molecule has 1 aliphatic heterocycles. The number of nitrogens with one attached hydrogen (secondary N) is 2. The minimum absolute atomic E-state index is 0.110. The predicted molar refractivity (Wildman–Crippen MR) is 171 cm³/mol. The number of nitrogens with two attached hydrogens (primary N) is 1. The van der Waals surface area contributed by atoms with Crippen LogP contribution in [0, 0.1) is 0 Å². The van der Waals surface area contributed by atoms with Crippen molar-refractivity contribution < 1.29 is 17.9 Å². The van der Waals surface area contributed by atoms with Gasteiger partial charge >= 0.3 is 0 Å². The average molecular weight is 619 g/mol. The molecule has 0 saturated carbocycles. The molecule has 1 saturated heterocycles. The third-order valence-electron chi connectivity index (χ3n) is 7.55. The van der Waals surface area contributed by atoms with Gasteiger partial charge in [0.25, 0.3) is 5.91 Å². The fourth-order valence-corrected chi connectivity index (χ4v) is 7.37. The molecule has 0 radical (unpaired) electrons. The van der Waals surface area contributed by atoms with Crippen molar-refractivity contribution in [3.8, 4) is 0 Å². The van der Waals surface area contributed by atoms with Gasteiger partial charge < -0.3 is 20.4 Å². The maximum atomic E-state index is 13.6. The van der Waals surface area contributed by atoms with E-state index in [-0.39, 0.29) is 18.2 Å². The van der Waals surface area contributed by atoms with Crippen LogP contribution in [-0.2, 0) is 33.6 Å². The van der Waals surface area contributed by atoms with Crippen LogP contribution < -0.4 is 15.8 Å². The number of thiophene rings is 1. The average Bonchev–Trinajstić information content (AvgIpc) is 3.64. The van der Waals surface area contributed by atoms with Crippen molar-refractivity contribution in [1.29, 1.82) is 0 Å². The van der Waals surface area contributed by atoms with Crippen molar-refractivity contribution in [3.05, 3.63) is 93.9 Å². The number of nitrogens with zero attached hydrogens (tertiary/aromatic N) is 3. The molecule has 12 heteroatoms. The number of fused-ring (bicyclic) bond motifs is 2. The molecule has 0 bridgehead atoms. The fraction of sp³-hybridized carbons (Fsp3) is 0.290. The Hall–Kier alpha value is -3.81. The number of ether oxygens (including phenoxy) is 1. The number of aromatic nitrogens is 2. The highest BCUT2D eigenvalue weighted by Crippen LogP contribution is 2.28. The van der Waals surface area contributed by atoms with E-state index < -0.39 is 10.0 Å². The van der Waals surface area contributed by atoms with E-state index in [4.69, 9.17) is 15.5 Å². The molecule has 10 nitrogen and oxygen atoms in total. The van der Waals surface area contributed by atoms with Crippen LogP contribution in [0.5, 0.6) is 0 Å². The van der Waals surface area contributed by atoms with Gasteiger partial charge in [-0.2, -0.15) is 11.3 Å². The molecular formula is C31H34N6O4S2. The van der Waals surface area contributed by atoms with Crippen LogP contribution in [-0.4, -0.2) is 68.2 Å². The van der Waals surface area contributed by atoms with Crippen LogP contribution >= 0.6 is 11.3 Å². The SMILES string of the molecule is NCc1ccc2cc(C(=O)NCCN3CCOCC3)n(Cc3cc(NS(=O)(=O)Cc4ccsc4)cc4ccccc34)c2n1. The first kappa shape index (κ1) is 29.3. The van der Waals surface area contributed by atoms with Gasteiger partial charge in [-0.15, -0.1) is 0 Å². The van der Waals surface area contributed by atoms with Gasteiger partial charge in [-0.25, -0.2) is 13.4 Å². The van der Waals surface area contributed by atoms with Crippen molar-refractivity contribution in [2.24, 2.45) is 5.73 Å². The van der Waals surface area contributed by atoms with Gasteiger partial charge in [-0.05, 0) is 69.1 Å². The van der Waals surface area contributed by atoms with Crippen LogP contribution in [0.4, 0.5) is 5.69 Å². The lowest BCUT2D eigenvalue weighted by atomic mass is 10.0. The largest absolute Gasteiger partial charge is 0.379 e. The number of hydrogen-bond acceptors (Lipinski definition) is 8. The van der Waals surface area contributed by atoms with Gasteiger partial charge in [0.2, 0.25) is 10.0 Å². The predicted octanol–water partition coefficient (Wildman–Crippen LogP) is 3.76. The number of benzene rings is 2. The number of rotatable bonds is 11. The molecule has 1 aliphatic rings. The zero-order valence-corrected chi connectivity index (χ0v) is 25.3. The number of carbonyl (C=O) groups excluding carboxylic acids is 1. The number of hydrogen-bond donors (Lipinski definition) is 3. The van der Waals surface area contributed by atoms with Crippen LogP contribution in [0.15, 0.2) is 71.4 Å². The second kappa shape index (κ2) is 12.8. The molecule has 0 atom stereocenters. The molecule has 224 valence electrons. The van der Waals surface area contributed by atoms with Gasteiger partial charge in [-0.3, -0.25) is 14.4 Å². The molecule has 2 aromatic carbocycles. The first-order valence-corrected chi connectivity index (χ1v) is 16.8. The Morgan fingerprint density at radius 1 is 1.05 bits per heavy atom. The van der Waals surface area contributed by atoms with E-state index in [1.54, 1.807) is 0 Å². The maximum absolute atomic E-state index is 13.6. The Labute approximate surface area is 254 Å². The highest BCUT2D eigenvalue weighted by molar-refractivity contribution is 7.91. The standard InChI is InChI=1S/C31H34N6O4S2/c32-18-26-6-5-24-17-29(31(38)33-8-9-36-10-12-41-13-11-36)37(30(24)34-26)19-25-16-27(15-23-3-1-2-4-28(23)25)35-43(39,40)21-22-7-14-42-20-22/h1-7,14-17,20,35H,8-13,18-19,21,32H2,(H,33,38). The molecule has 4 heterocycles. The van der Waals surface area contributed by atoms with Crippen LogP contribution in [0.1, 0.15) is 27.3 Å². The summed E-state index contributed by atoms with van der Waals surface area (Å²) in [5.41, 5.74) is 9.82. The van der Waals surface area contributed by atoms with E-state index in [1.165, 1.54) is 11.3 Å². The number of morpholine rings is 1. The van der Waals surface area contributed by atoms with E-state index in [1.807, 2.05) is 76.0 Å². The summed E-state index contributed by atoms with van der Waals surface area (Å²) in [5.74, 6) is -0.306. The normalized spacial score (nSPS) is 14.3. The molecule has 6 rings (SSSR count). The van der Waals surface area contributed by atoms with Gasteiger partial charge in [0.05, 0.1) is 31.2 Å². The zero-order chi connectivity index (χ0) is 29.8. The molecule has 0 spiro atoms. The molecule has 0 unspecified atom stereocenters. The molecular weight excluding hydrogens is 585 g/mol. The van der Waals surface area contributed by atoms with Crippen LogP contribution in [0.2, 0.25) is 0 Å². The molecule has 1 fully saturated rings. The van der Waals surface area contributed by atoms with Crippen molar-refractivity contribution in [3.63, 3.8) is 0 Å². The summed E-state index contributed by atoms with van der Waals surface area (Å²) < 4.78 is 36.2. The quantitative estimate of drug-likeness (QED) is 0.205. The van der Waals surface area contributed by atoms with E-state index in [2.05, 4.69) is 14.9 Å². The maximum Gasteiger partial charge on any atom is 0.268 e. The number of amides is 1. The molecule has 3 aromatic heterocycles. The second-order valence-corrected chi connectivity index (χ2v) is 13.1. The Kier molecular flexibility index (Phi) is 8.73. The molecule has 5 aromatic rings. The summed E-state index contributed by atoms with van der Waals surface area (Å²) in [4.78, 5) is 20.6.